The highest BCUT2D eigenvalue weighted by molar-refractivity contribution is 5.80. The van der Waals surface area contributed by atoms with Gasteiger partial charge < -0.3 is 14.9 Å². The number of phenols is 1. The van der Waals surface area contributed by atoms with Gasteiger partial charge in [-0.2, -0.15) is 0 Å². The van der Waals surface area contributed by atoms with E-state index in [4.69, 9.17) is 4.74 Å². The molecule has 1 aromatic heterocycles. The van der Waals surface area contributed by atoms with Crippen molar-refractivity contribution in [3.63, 3.8) is 0 Å². The first-order chi connectivity index (χ1) is 13.5. The van der Waals surface area contributed by atoms with Crippen molar-refractivity contribution in [1.29, 1.82) is 0 Å². The number of nitrogens with zero attached hydrogens (tertiary/aromatic N) is 1. The fraction of sp³-hybridized carbons (Fsp3) is 0.292. The molecule has 2 aromatic rings. The van der Waals surface area contributed by atoms with Crippen molar-refractivity contribution < 1.29 is 14.9 Å². The number of ether oxygens (including phenoxy) is 1. The molecule has 1 aliphatic heterocycles. The Morgan fingerprint density at radius 2 is 2.04 bits per heavy atom. The lowest BCUT2D eigenvalue weighted by Gasteiger charge is -2.17. The standard InChI is InChI=1S/C24H27NO3/c1-16-12-19(13-17(2)24(16)27)14-20(22-6-4-5-10-25-22)7-8-23-21(9-11-28-23)18(3)15-26/h4-6,9-10,12-14,23,26-27H,3,7-8,11,15H2,1-2H3/b20-14-. The van der Waals surface area contributed by atoms with Gasteiger partial charge in [-0.1, -0.05) is 18.7 Å². The quantitative estimate of drug-likeness (QED) is 0.740. The predicted octanol–water partition coefficient (Wildman–Crippen LogP) is 4.60. The molecular weight excluding hydrogens is 350 g/mol. The van der Waals surface area contributed by atoms with Crippen LogP contribution in [0.2, 0.25) is 0 Å². The third kappa shape index (κ3) is 4.58. The van der Waals surface area contributed by atoms with E-state index in [0.29, 0.717) is 12.4 Å². The fourth-order valence-corrected chi connectivity index (χ4v) is 3.56. The SMILES string of the molecule is C=C(CO)C1=CCOC1CC/C(=C/c1cc(C)c(O)c(C)c1)c1ccccn1. The summed E-state index contributed by atoms with van der Waals surface area (Å²) in [4.78, 5) is 4.52. The second kappa shape index (κ2) is 9.00. The summed E-state index contributed by atoms with van der Waals surface area (Å²) < 4.78 is 5.83. The summed E-state index contributed by atoms with van der Waals surface area (Å²) in [7, 11) is 0. The summed E-state index contributed by atoms with van der Waals surface area (Å²) in [5.74, 6) is 0.341. The number of benzene rings is 1. The van der Waals surface area contributed by atoms with E-state index in [9.17, 15) is 10.2 Å². The zero-order chi connectivity index (χ0) is 20.1. The largest absolute Gasteiger partial charge is 0.507 e. The molecule has 0 spiro atoms. The van der Waals surface area contributed by atoms with Crippen LogP contribution in [0.3, 0.4) is 0 Å². The molecule has 0 saturated heterocycles. The normalized spacial score (nSPS) is 16.9. The molecule has 4 nitrogen and oxygen atoms in total. The first kappa shape index (κ1) is 20.1. The highest BCUT2D eigenvalue weighted by Crippen LogP contribution is 2.30. The van der Waals surface area contributed by atoms with Gasteiger partial charge in [-0.15, -0.1) is 0 Å². The number of hydrogen-bond donors (Lipinski definition) is 2. The molecule has 1 aliphatic rings. The summed E-state index contributed by atoms with van der Waals surface area (Å²) in [5.41, 5.74) is 6.50. The Hall–Kier alpha value is -2.69. The average Bonchev–Trinajstić information content (AvgIpc) is 3.18. The first-order valence-electron chi connectivity index (χ1n) is 9.52. The van der Waals surface area contributed by atoms with E-state index in [0.717, 1.165) is 51.9 Å². The third-order valence-electron chi connectivity index (χ3n) is 5.07. The molecule has 3 rings (SSSR count). The molecular formula is C24H27NO3. The fourth-order valence-electron chi connectivity index (χ4n) is 3.56. The number of hydrogen-bond acceptors (Lipinski definition) is 4. The highest BCUT2D eigenvalue weighted by Gasteiger charge is 2.22. The summed E-state index contributed by atoms with van der Waals surface area (Å²) in [6.45, 7) is 8.25. The Bertz CT molecular complexity index is 890. The van der Waals surface area contributed by atoms with Gasteiger partial charge in [0.15, 0.2) is 0 Å². The van der Waals surface area contributed by atoms with Crippen LogP contribution in [0.15, 0.2) is 60.3 Å². The van der Waals surface area contributed by atoms with E-state index in [1.807, 2.05) is 50.3 Å². The van der Waals surface area contributed by atoms with Crippen molar-refractivity contribution in [1.82, 2.24) is 4.98 Å². The molecule has 28 heavy (non-hydrogen) atoms. The van der Waals surface area contributed by atoms with Crippen LogP contribution in [0, 0.1) is 13.8 Å². The summed E-state index contributed by atoms with van der Waals surface area (Å²) in [6, 6.07) is 9.86. The van der Waals surface area contributed by atoms with Gasteiger partial charge in [0, 0.05) is 6.20 Å². The molecule has 2 N–H and O–H groups in total. The van der Waals surface area contributed by atoms with Gasteiger partial charge in [0.2, 0.25) is 0 Å². The maximum absolute atomic E-state index is 10.0. The third-order valence-corrected chi connectivity index (χ3v) is 5.07. The van der Waals surface area contributed by atoms with Crippen LogP contribution in [0.1, 0.15) is 35.2 Å². The number of rotatable bonds is 7. The van der Waals surface area contributed by atoms with E-state index in [-0.39, 0.29) is 12.7 Å². The lowest BCUT2D eigenvalue weighted by atomic mass is 9.95. The van der Waals surface area contributed by atoms with Crippen LogP contribution < -0.4 is 0 Å². The summed E-state index contributed by atoms with van der Waals surface area (Å²) >= 11 is 0. The maximum atomic E-state index is 10.0. The van der Waals surface area contributed by atoms with Crippen LogP contribution in [0.4, 0.5) is 0 Å². The van der Waals surface area contributed by atoms with Gasteiger partial charge in [-0.05, 0) is 90.4 Å². The smallest absolute Gasteiger partial charge is 0.121 e. The van der Waals surface area contributed by atoms with Gasteiger partial charge in [-0.25, -0.2) is 0 Å². The zero-order valence-corrected chi connectivity index (χ0v) is 16.5. The Balaban J connectivity index is 1.87. The molecule has 0 bridgehead atoms. The number of phenolic OH excluding ortho intramolecular Hbond substituents is 1. The van der Waals surface area contributed by atoms with Crippen molar-refractivity contribution in [2.45, 2.75) is 32.8 Å². The van der Waals surface area contributed by atoms with Gasteiger partial charge in [-0.3, -0.25) is 4.98 Å². The monoisotopic (exact) mass is 377 g/mol. The van der Waals surface area contributed by atoms with E-state index in [1.165, 1.54) is 0 Å². The average molecular weight is 377 g/mol. The van der Waals surface area contributed by atoms with E-state index < -0.39 is 0 Å². The van der Waals surface area contributed by atoms with E-state index in [2.05, 4.69) is 17.6 Å². The van der Waals surface area contributed by atoms with Crippen LogP contribution in [-0.4, -0.2) is 34.5 Å². The van der Waals surface area contributed by atoms with Crippen LogP contribution in [-0.2, 0) is 4.74 Å². The number of aromatic hydroxyl groups is 1. The Kier molecular flexibility index (Phi) is 6.45. The van der Waals surface area contributed by atoms with Crippen molar-refractivity contribution in [3.8, 4) is 5.75 Å². The lowest BCUT2D eigenvalue weighted by Crippen LogP contribution is -2.13. The van der Waals surface area contributed by atoms with Gasteiger partial charge in [0.05, 0.1) is 25.0 Å². The summed E-state index contributed by atoms with van der Waals surface area (Å²) in [5, 5.41) is 19.4. The van der Waals surface area contributed by atoms with Crippen molar-refractivity contribution in [2.24, 2.45) is 0 Å². The van der Waals surface area contributed by atoms with Crippen molar-refractivity contribution in [3.05, 3.63) is 82.7 Å². The molecule has 0 radical (unpaired) electrons. The molecule has 0 saturated carbocycles. The lowest BCUT2D eigenvalue weighted by molar-refractivity contribution is 0.116. The molecule has 0 fully saturated rings. The molecule has 0 aliphatic carbocycles. The van der Waals surface area contributed by atoms with E-state index >= 15 is 0 Å². The molecule has 1 atom stereocenters. The number of aliphatic hydroxyl groups excluding tert-OH is 1. The summed E-state index contributed by atoms with van der Waals surface area (Å²) in [6.07, 6.45) is 7.41. The molecule has 1 aromatic carbocycles. The number of allylic oxidation sites excluding steroid dienone is 1. The Morgan fingerprint density at radius 1 is 1.29 bits per heavy atom. The molecule has 4 heteroatoms. The number of aromatic nitrogens is 1. The van der Waals surface area contributed by atoms with Crippen LogP contribution >= 0.6 is 0 Å². The minimum atomic E-state index is -0.0601. The second-order valence-electron chi connectivity index (χ2n) is 7.17. The van der Waals surface area contributed by atoms with E-state index in [1.54, 1.807) is 6.20 Å². The molecule has 0 amide bonds. The molecule has 146 valence electrons. The predicted molar refractivity (Wildman–Crippen MR) is 113 cm³/mol. The zero-order valence-electron chi connectivity index (χ0n) is 16.5. The second-order valence-corrected chi connectivity index (χ2v) is 7.17. The van der Waals surface area contributed by atoms with Crippen LogP contribution in [0.5, 0.6) is 5.75 Å². The minimum Gasteiger partial charge on any atom is -0.507 e. The Morgan fingerprint density at radius 3 is 2.68 bits per heavy atom. The topological polar surface area (TPSA) is 62.6 Å². The number of pyridine rings is 1. The number of aliphatic hydroxyl groups is 1. The van der Waals surface area contributed by atoms with Gasteiger partial charge >= 0.3 is 0 Å². The highest BCUT2D eigenvalue weighted by atomic mass is 16.5. The van der Waals surface area contributed by atoms with Crippen molar-refractivity contribution in [2.75, 3.05) is 13.2 Å². The molecule has 1 unspecified atom stereocenters. The molecule has 2 heterocycles. The number of aryl methyl sites for hydroxylation is 2. The van der Waals surface area contributed by atoms with Crippen LogP contribution in [0.25, 0.3) is 11.6 Å². The maximum Gasteiger partial charge on any atom is 0.121 e. The van der Waals surface area contributed by atoms with Crippen molar-refractivity contribution >= 4 is 11.6 Å². The first-order valence-corrected chi connectivity index (χ1v) is 9.52. The minimum absolute atomic E-state index is 0.0549. The van der Waals surface area contributed by atoms with Gasteiger partial charge in [0.1, 0.15) is 5.75 Å². The van der Waals surface area contributed by atoms with Gasteiger partial charge in [0.25, 0.3) is 0 Å². The Labute approximate surface area is 166 Å².